The van der Waals surface area contributed by atoms with E-state index in [4.69, 9.17) is 0 Å². The van der Waals surface area contributed by atoms with Crippen LogP contribution in [0.2, 0.25) is 0 Å². The molecule has 0 aliphatic carbocycles. The van der Waals surface area contributed by atoms with Gasteiger partial charge in [0.25, 0.3) is 5.91 Å². The summed E-state index contributed by atoms with van der Waals surface area (Å²) in [6.07, 6.45) is 3.26. The molecule has 3 rings (SSSR count). The van der Waals surface area contributed by atoms with Crippen molar-refractivity contribution in [1.82, 2.24) is 15.0 Å². The molecular weight excluding hydrogens is 271 g/mol. The number of imidazole rings is 1. The van der Waals surface area contributed by atoms with Crippen LogP contribution < -0.4 is 5.32 Å². The van der Waals surface area contributed by atoms with Crippen LogP contribution in [0.3, 0.4) is 0 Å². The van der Waals surface area contributed by atoms with Crippen molar-refractivity contribution < 1.29 is 9.18 Å². The number of carbonyl (C=O) groups excluding carboxylic acids is 1. The smallest absolute Gasteiger partial charge is 0.257 e. The lowest BCUT2D eigenvalue weighted by molar-refractivity contribution is 0.102. The second-order valence-electron chi connectivity index (χ2n) is 4.32. The molecule has 21 heavy (non-hydrogen) atoms. The lowest BCUT2D eigenvalue weighted by Gasteiger charge is -2.01. The molecule has 0 saturated carbocycles. The Morgan fingerprint density at radius 1 is 1.10 bits per heavy atom. The molecule has 2 N–H and O–H groups in total. The number of carbonyl (C=O) groups is 1. The number of anilines is 1. The Labute approximate surface area is 119 Å². The topological polar surface area (TPSA) is 70.7 Å². The Bertz CT molecular complexity index is 753. The van der Waals surface area contributed by atoms with Crippen molar-refractivity contribution in [1.29, 1.82) is 0 Å². The van der Waals surface area contributed by atoms with Gasteiger partial charge in [-0.3, -0.25) is 15.1 Å². The summed E-state index contributed by atoms with van der Waals surface area (Å²) in [6.45, 7) is 0. The van der Waals surface area contributed by atoms with Crippen LogP contribution in [0, 0.1) is 5.82 Å². The molecule has 0 aliphatic rings. The summed E-state index contributed by atoms with van der Waals surface area (Å²) in [5.74, 6) is -0.441. The van der Waals surface area contributed by atoms with Gasteiger partial charge in [0.05, 0.1) is 17.6 Å². The largest absolute Gasteiger partial charge is 0.323 e. The van der Waals surface area contributed by atoms with Crippen molar-refractivity contribution in [2.45, 2.75) is 0 Å². The zero-order valence-electron chi connectivity index (χ0n) is 10.9. The number of nitrogens with one attached hydrogen (secondary N) is 2. The first-order valence-corrected chi connectivity index (χ1v) is 6.26. The minimum atomic E-state index is -0.387. The molecule has 0 aliphatic heterocycles. The van der Waals surface area contributed by atoms with Gasteiger partial charge in [-0.1, -0.05) is 6.07 Å². The minimum Gasteiger partial charge on any atom is -0.323 e. The SMILES string of the molecule is O=C(Nc1ncc(-c2ccccn2)[nH]1)c1ccc(F)cc1. The molecule has 0 unspecified atom stereocenters. The van der Waals surface area contributed by atoms with E-state index in [0.717, 1.165) is 5.69 Å². The molecule has 0 fully saturated rings. The highest BCUT2D eigenvalue weighted by Gasteiger charge is 2.09. The van der Waals surface area contributed by atoms with Gasteiger partial charge in [-0.15, -0.1) is 0 Å². The van der Waals surface area contributed by atoms with Gasteiger partial charge in [-0.05, 0) is 36.4 Å². The predicted octanol–water partition coefficient (Wildman–Crippen LogP) is 2.86. The van der Waals surface area contributed by atoms with Crippen LogP contribution in [0.1, 0.15) is 10.4 Å². The fourth-order valence-corrected chi connectivity index (χ4v) is 1.82. The quantitative estimate of drug-likeness (QED) is 0.776. The van der Waals surface area contributed by atoms with E-state index in [2.05, 4.69) is 20.3 Å². The van der Waals surface area contributed by atoms with Crippen molar-refractivity contribution in [2.24, 2.45) is 0 Å². The van der Waals surface area contributed by atoms with E-state index >= 15 is 0 Å². The lowest BCUT2D eigenvalue weighted by Crippen LogP contribution is -2.12. The Kier molecular flexibility index (Phi) is 3.42. The molecule has 0 bridgehead atoms. The molecule has 3 aromatic rings. The maximum atomic E-state index is 12.8. The van der Waals surface area contributed by atoms with Crippen LogP contribution in [-0.4, -0.2) is 20.9 Å². The third-order valence-corrected chi connectivity index (χ3v) is 2.86. The van der Waals surface area contributed by atoms with Crippen LogP contribution in [0.4, 0.5) is 10.3 Å². The van der Waals surface area contributed by atoms with Gasteiger partial charge in [0.15, 0.2) is 0 Å². The molecule has 0 radical (unpaired) electrons. The van der Waals surface area contributed by atoms with Crippen LogP contribution in [0.15, 0.2) is 54.9 Å². The molecular formula is C15H11FN4O. The number of amides is 1. The molecule has 0 saturated heterocycles. The molecule has 6 heteroatoms. The summed E-state index contributed by atoms with van der Waals surface area (Å²) in [5.41, 5.74) is 1.78. The van der Waals surface area contributed by atoms with Crippen molar-refractivity contribution in [3.63, 3.8) is 0 Å². The number of nitrogens with zero attached hydrogens (tertiary/aromatic N) is 2. The number of H-pyrrole nitrogens is 1. The van der Waals surface area contributed by atoms with Gasteiger partial charge in [0, 0.05) is 11.8 Å². The van der Waals surface area contributed by atoms with E-state index < -0.39 is 0 Å². The molecule has 2 heterocycles. The number of benzene rings is 1. The molecule has 1 amide bonds. The van der Waals surface area contributed by atoms with Gasteiger partial charge in [0.2, 0.25) is 5.95 Å². The van der Waals surface area contributed by atoms with E-state index in [9.17, 15) is 9.18 Å². The summed E-state index contributed by atoms with van der Waals surface area (Å²) >= 11 is 0. The number of hydrogen-bond donors (Lipinski definition) is 2. The van der Waals surface area contributed by atoms with Gasteiger partial charge < -0.3 is 4.98 Å². The number of pyridine rings is 1. The first kappa shape index (κ1) is 13.0. The average molecular weight is 282 g/mol. The number of aromatic amines is 1. The van der Waals surface area contributed by atoms with Gasteiger partial charge >= 0.3 is 0 Å². The zero-order chi connectivity index (χ0) is 14.7. The summed E-state index contributed by atoms with van der Waals surface area (Å²) < 4.78 is 12.8. The molecule has 2 aromatic heterocycles. The molecule has 5 nitrogen and oxygen atoms in total. The standard InChI is InChI=1S/C15H11FN4O/c16-11-6-4-10(5-7-11)14(21)20-15-18-9-13(19-15)12-3-1-2-8-17-12/h1-9H,(H2,18,19,20,21). The summed E-state index contributed by atoms with van der Waals surface area (Å²) in [6, 6.07) is 10.8. The van der Waals surface area contributed by atoms with Gasteiger partial charge in [0.1, 0.15) is 5.82 Å². The second-order valence-corrected chi connectivity index (χ2v) is 4.32. The molecule has 1 aromatic carbocycles. The summed E-state index contributed by atoms with van der Waals surface area (Å²) in [5, 5.41) is 2.61. The highest BCUT2D eigenvalue weighted by molar-refractivity contribution is 6.03. The van der Waals surface area contributed by atoms with E-state index in [0.29, 0.717) is 17.2 Å². The van der Waals surface area contributed by atoms with Crippen LogP contribution in [0.25, 0.3) is 11.4 Å². The fourth-order valence-electron chi connectivity index (χ4n) is 1.82. The Hall–Kier alpha value is -3.02. The van der Waals surface area contributed by atoms with Crippen molar-refractivity contribution >= 4 is 11.9 Å². The minimum absolute atomic E-state index is 0.310. The van der Waals surface area contributed by atoms with Gasteiger partial charge in [-0.25, -0.2) is 9.37 Å². The lowest BCUT2D eigenvalue weighted by atomic mass is 10.2. The van der Waals surface area contributed by atoms with Crippen LogP contribution in [0.5, 0.6) is 0 Å². The highest BCUT2D eigenvalue weighted by atomic mass is 19.1. The monoisotopic (exact) mass is 282 g/mol. The third-order valence-electron chi connectivity index (χ3n) is 2.86. The van der Waals surface area contributed by atoms with E-state index in [-0.39, 0.29) is 11.7 Å². The maximum absolute atomic E-state index is 12.8. The van der Waals surface area contributed by atoms with E-state index in [1.807, 2.05) is 18.2 Å². The van der Waals surface area contributed by atoms with Crippen molar-refractivity contribution in [2.75, 3.05) is 5.32 Å². The number of aromatic nitrogens is 3. The predicted molar refractivity (Wildman–Crippen MR) is 76.2 cm³/mol. The van der Waals surface area contributed by atoms with Crippen LogP contribution >= 0.6 is 0 Å². The van der Waals surface area contributed by atoms with E-state index in [1.165, 1.54) is 24.3 Å². The third kappa shape index (κ3) is 2.94. The Balaban J connectivity index is 1.75. The number of hydrogen-bond acceptors (Lipinski definition) is 3. The average Bonchev–Trinajstić information content (AvgIpc) is 2.97. The Morgan fingerprint density at radius 3 is 2.62 bits per heavy atom. The summed E-state index contributed by atoms with van der Waals surface area (Å²) in [7, 11) is 0. The normalized spacial score (nSPS) is 10.3. The first-order chi connectivity index (χ1) is 10.2. The second kappa shape index (κ2) is 5.54. The van der Waals surface area contributed by atoms with Crippen LogP contribution in [-0.2, 0) is 0 Å². The van der Waals surface area contributed by atoms with Gasteiger partial charge in [-0.2, -0.15) is 0 Å². The Morgan fingerprint density at radius 2 is 1.90 bits per heavy atom. The highest BCUT2D eigenvalue weighted by Crippen LogP contribution is 2.15. The molecule has 0 atom stereocenters. The summed E-state index contributed by atoms with van der Waals surface area (Å²) in [4.78, 5) is 23.2. The molecule has 104 valence electrons. The van der Waals surface area contributed by atoms with E-state index in [1.54, 1.807) is 12.4 Å². The van der Waals surface area contributed by atoms with Crippen molar-refractivity contribution in [3.05, 3.63) is 66.2 Å². The number of rotatable bonds is 3. The fraction of sp³-hybridized carbons (Fsp3) is 0. The first-order valence-electron chi connectivity index (χ1n) is 6.26. The number of halogens is 1. The maximum Gasteiger partial charge on any atom is 0.257 e. The molecule has 0 spiro atoms. The van der Waals surface area contributed by atoms with Crippen molar-refractivity contribution in [3.8, 4) is 11.4 Å². The zero-order valence-corrected chi connectivity index (χ0v) is 10.9.